The van der Waals surface area contributed by atoms with Crippen LogP contribution in [0.1, 0.15) is 0 Å². The van der Waals surface area contributed by atoms with Crippen LogP contribution in [0.2, 0.25) is 0 Å². The molecular weight excluding hydrogens is 955 g/mol. The van der Waals surface area contributed by atoms with Gasteiger partial charge in [0.1, 0.15) is 0 Å². The van der Waals surface area contributed by atoms with Crippen molar-refractivity contribution < 1.29 is 0 Å². The van der Waals surface area contributed by atoms with Crippen LogP contribution in [0.15, 0.2) is 309 Å². The van der Waals surface area contributed by atoms with Gasteiger partial charge >= 0.3 is 0 Å². The van der Waals surface area contributed by atoms with Crippen LogP contribution in [-0.4, -0.2) is 9.13 Å². The van der Waals surface area contributed by atoms with E-state index in [0.717, 1.165) is 50.5 Å². The second kappa shape index (κ2) is 19.3. The second-order valence-corrected chi connectivity index (χ2v) is 20.5. The number of benzene rings is 13. The van der Waals surface area contributed by atoms with E-state index in [1.165, 1.54) is 87.9 Å². The number of aromatic nitrogens is 2. The van der Waals surface area contributed by atoms with Crippen LogP contribution >= 0.6 is 0 Å². The summed E-state index contributed by atoms with van der Waals surface area (Å²) in [5.74, 6) is 0. The van der Waals surface area contributed by atoms with Crippen molar-refractivity contribution >= 4 is 71.4 Å². The zero-order valence-corrected chi connectivity index (χ0v) is 43.3. The zero-order chi connectivity index (χ0) is 52.2. The molecule has 0 saturated heterocycles. The Kier molecular flexibility index (Phi) is 11.2. The molecule has 0 saturated carbocycles. The summed E-state index contributed by atoms with van der Waals surface area (Å²) < 4.78 is 4.79. The molecule has 0 N–H and O–H groups in total. The summed E-state index contributed by atoms with van der Waals surface area (Å²) in [6.07, 6.45) is 0. The minimum Gasteiger partial charge on any atom is -0.310 e. The summed E-state index contributed by atoms with van der Waals surface area (Å²) in [5.41, 5.74) is 22.1. The van der Waals surface area contributed by atoms with Gasteiger partial charge in [-0.25, -0.2) is 0 Å². The first kappa shape index (κ1) is 45.9. The molecule has 370 valence electrons. The molecule has 0 unspecified atom stereocenters. The van der Waals surface area contributed by atoms with E-state index in [-0.39, 0.29) is 0 Å². The molecule has 0 aliphatic carbocycles. The van der Waals surface area contributed by atoms with Crippen LogP contribution < -0.4 is 4.90 Å². The summed E-state index contributed by atoms with van der Waals surface area (Å²) in [5, 5.41) is 7.25. The molecule has 0 fully saturated rings. The van der Waals surface area contributed by atoms with Gasteiger partial charge in [-0.1, -0.05) is 200 Å². The lowest BCUT2D eigenvalue weighted by Gasteiger charge is -2.28. The number of para-hydroxylation sites is 4. The van der Waals surface area contributed by atoms with Gasteiger partial charge in [-0.15, -0.1) is 0 Å². The standard InChI is InChI=1S/C76H51N3/c1-5-19-52(20-6-1)54-33-39-63(40-34-54)77(64-41-35-55(36-42-64)53-21-7-2-8-22-53)74-46-43-65(66-27-13-14-28-67(66)74)60-48-58(56-37-44-75-70(50-56)68-29-15-17-31-72(68)78(75)61-23-9-3-10-24-61)47-59(49-60)57-38-45-76-71(51-57)69-30-16-18-32-73(69)79(76)62-25-11-4-12-26-62/h1-51H. The van der Waals surface area contributed by atoms with Crippen LogP contribution in [0.5, 0.6) is 0 Å². The van der Waals surface area contributed by atoms with E-state index in [0.29, 0.717) is 0 Å². The van der Waals surface area contributed by atoms with E-state index >= 15 is 0 Å². The highest BCUT2D eigenvalue weighted by atomic mass is 15.1. The Morgan fingerprint density at radius 3 is 1.03 bits per heavy atom. The van der Waals surface area contributed by atoms with E-state index in [9.17, 15) is 0 Å². The van der Waals surface area contributed by atoms with Crippen LogP contribution in [-0.2, 0) is 0 Å². The van der Waals surface area contributed by atoms with E-state index in [1.54, 1.807) is 0 Å². The molecule has 2 aromatic heterocycles. The van der Waals surface area contributed by atoms with Gasteiger partial charge in [0.2, 0.25) is 0 Å². The smallest absolute Gasteiger partial charge is 0.0541 e. The van der Waals surface area contributed by atoms with Gasteiger partial charge in [-0.05, 0) is 170 Å². The Balaban J connectivity index is 0.925. The Hall–Kier alpha value is -10.5. The van der Waals surface area contributed by atoms with Gasteiger partial charge in [0, 0.05) is 49.7 Å². The molecule has 3 nitrogen and oxygen atoms in total. The van der Waals surface area contributed by atoms with Crippen molar-refractivity contribution in [3.63, 3.8) is 0 Å². The molecule has 3 heteroatoms. The normalized spacial score (nSPS) is 11.5. The Labute approximate surface area is 459 Å². The minimum atomic E-state index is 1.09. The van der Waals surface area contributed by atoms with Crippen LogP contribution in [0.3, 0.4) is 0 Å². The van der Waals surface area contributed by atoms with Gasteiger partial charge in [0.15, 0.2) is 0 Å². The van der Waals surface area contributed by atoms with Gasteiger partial charge in [-0.3, -0.25) is 0 Å². The average Bonchev–Trinajstić information content (AvgIpc) is 4.29. The lowest BCUT2D eigenvalue weighted by molar-refractivity contribution is 1.18. The fraction of sp³-hybridized carbons (Fsp3) is 0. The molecule has 2 heterocycles. The van der Waals surface area contributed by atoms with Gasteiger partial charge in [0.25, 0.3) is 0 Å². The largest absolute Gasteiger partial charge is 0.310 e. The lowest BCUT2D eigenvalue weighted by atomic mass is 9.90. The van der Waals surface area contributed by atoms with E-state index in [2.05, 4.69) is 323 Å². The molecule has 0 bridgehead atoms. The molecule has 0 aliphatic heterocycles. The number of rotatable bonds is 10. The van der Waals surface area contributed by atoms with E-state index in [1.807, 2.05) is 0 Å². The number of hydrogen-bond donors (Lipinski definition) is 0. The van der Waals surface area contributed by atoms with Gasteiger partial charge < -0.3 is 14.0 Å². The monoisotopic (exact) mass is 1010 g/mol. The number of nitrogens with zero attached hydrogens (tertiary/aromatic N) is 3. The zero-order valence-electron chi connectivity index (χ0n) is 43.3. The maximum atomic E-state index is 2.42. The molecule has 0 atom stereocenters. The lowest BCUT2D eigenvalue weighted by Crippen LogP contribution is -2.10. The predicted molar refractivity (Wildman–Crippen MR) is 334 cm³/mol. The van der Waals surface area contributed by atoms with Crippen LogP contribution in [0.4, 0.5) is 17.1 Å². The third-order valence-electron chi connectivity index (χ3n) is 15.9. The Morgan fingerprint density at radius 2 is 0.557 bits per heavy atom. The third kappa shape index (κ3) is 8.07. The second-order valence-electron chi connectivity index (χ2n) is 20.5. The number of hydrogen-bond acceptors (Lipinski definition) is 1. The minimum absolute atomic E-state index is 1.09. The van der Waals surface area contributed by atoms with Crippen molar-refractivity contribution in [3.05, 3.63) is 309 Å². The number of anilines is 3. The van der Waals surface area contributed by atoms with Gasteiger partial charge in [-0.2, -0.15) is 0 Å². The Morgan fingerprint density at radius 1 is 0.203 bits per heavy atom. The fourth-order valence-corrected chi connectivity index (χ4v) is 12.2. The fourth-order valence-electron chi connectivity index (χ4n) is 12.2. The highest BCUT2D eigenvalue weighted by Crippen LogP contribution is 2.46. The first-order valence-electron chi connectivity index (χ1n) is 27.1. The molecular formula is C76H51N3. The van der Waals surface area contributed by atoms with Crippen molar-refractivity contribution in [2.75, 3.05) is 4.90 Å². The predicted octanol–water partition coefficient (Wildman–Crippen LogP) is 20.8. The summed E-state index contributed by atoms with van der Waals surface area (Å²) in [7, 11) is 0. The van der Waals surface area contributed by atoms with Crippen LogP contribution in [0, 0.1) is 0 Å². The van der Waals surface area contributed by atoms with Crippen molar-refractivity contribution in [3.8, 4) is 67.0 Å². The molecule has 13 aromatic carbocycles. The van der Waals surface area contributed by atoms with Crippen molar-refractivity contribution in [1.82, 2.24) is 9.13 Å². The van der Waals surface area contributed by atoms with E-state index < -0.39 is 0 Å². The van der Waals surface area contributed by atoms with Crippen LogP contribution in [0.25, 0.3) is 121 Å². The highest BCUT2D eigenvalue weighted by Gasteiger charge is 2.21. The molecule has 15 rings (SSSR count). The molecule has 0 spiro atoms. The van der Waals surface area contributed by atoms with Crippen molar-refractivity contribution in [2.45, 2.75) is 0 Å². The molecule has 0 aliphatic rings. The maximum Gasteiger partial charge on any atom is 0.0541 e. The third-order valence-corrected chi connectivity index (χ3v) is 15.9. The quantitative estimate of drug-likeness (QED) is 0.133. The maximum absolute atomic E-state index is 2.42. The van der Waals surface area contributed by atoms with Crippen molar-refractivity contribution in [1.29, 1.82) is 0 Å². The van der Waals surface area contributed by atoms with Gasteiger partial charge in [0.05, 0.1) is 27.8 Å². The first-order valence-corrected chi connectivity index (χ1v) is 27.1. The summed E-state index contributed by atoms with van der Waals surface area (Å²) in [4.78, 5) is 2.42. The summed E-state index contributed by atoms with van der Waals surface area (Å²) in [6, 6.07) is 113. The van der Waals surface area contributed by atoms with E-state index in [4.69, 9.17) is 0 Å². The van der Waals surface area contributed by atoms with Crippen molar-refractivity contribution in [2.24, 2.45) is 0 Å². The molecule has 0 radical (unpaired) electrons. The SMILES string of the molecule is c1ccc(-c2ccc(N(c3ccc(-c4ccccc4)cc3)c3ccc(-c4cc(-c5ccc6c(c5)c5ccccc5n6-c5ccccc5)cc(-c5ccc6c(c5)c5ccccc5n6-c5ccccc5)c4)c4ccccc34)cc2)cc1. The Bertz CT molecular complexity index is 4470. The molecule has 79 heavy (non-hydrogen) atoms. The average molecular weight is 1010 g/mol. The topological polar surface area (TPSA) is 13.1 Å². The first-order chi connectivity index (χ1) is 39.2. The molecule has 0 amide bonds. The number of fused-ring (bicyclic) bond motifs is 7. The summed E-state index contributed by atoms with van der Waals surface area (Å²) in [6.45, 7) is 0. The molecule has 15 aromatic rings. The highest BCUT2D eigenvalue weighted by molar-refractivity contribution is 6.13. The summed E-state index contributed by atoms with van der Waals surface area (Å²) >= 11 is 0.